The Labute approximate surface area is 185 Å². The lowest BCUT2D eigenvalue weighted by atomic mass is 10.1. The van der Waals surface area contributed by atoms with Crippen molar-refractivity contribution in [1.29, 1.82) is 0 Å². The number of carbonyl (C=O) groups excluding carboxylic acids is 1. The van der Waals surface area contributed by atoms with E-state index in [9.17, 15) is 9.59 Å². The largest absolute Gasteiger partial charge is 0.496 e. The summed E-state index contributed by atoms with van der Waals surface area (Å²) >= 11 is 1.15. The average molecular weight is 435 g/mol. The van der Waals surface area contributed by atoms with Crippen molar-refractivity contribution in [2.45, 2.75) is 11.5 Å². The van der Waals surface area contributed by atoms with Crippen LogP contribution in [0, 0.1) is 0 Å². The molecule has 0 aliphatic rings. The van der Waals surface area contributed by atoms with E-state index < -0.39 is 5.97 Å². The van der Waals surface area contributed by atoms with Gasteiger partial charge in [-0.25, -0.2) is 0 Å². The van der Waals surface area contributed by atoms with Gasteiger partial charge in [-0.1, -0.05) is 48.5 Å². The van der Waals surface area contributed by atoms with Crippen LogP contribution in [0.4, 0.5) is 0 Å². The minimum absolute atomic E-state index is 0.0800. The fraction of sp³-hybridized carbons (Fsp3) is 0.120. The molecule has 0 saturated carbocycles. The lowest BCUT2D eigenvalue weighted by molar-refractivity contribution is -0.133. The summed E-state index contributed by atoms with van der Waals surface area (Å²) in [6, 6.07) is 22.4. The van der Waals surface area contributed by atoms with Crippen LogP contribution in [-0.4, -0.2) is 29.7 Å². The van der Waals surface area contributed by atoms with Gasteiger partial charge in [0.25, 0.3) is 0 Å². The monoisotopic (exact) mass is 434 g/mol. The zero-order valence-corrected chi connectivity index (χ0v) is 17.8. The molecule has 0 amide bonds. The second-order valence-corrected chi connectivity index (χ2v) is 7.57. The highest BCUT2D eigenvalue weighted by Crippen LogP contribution is 2.30. The summed E-state index contributed by atoms with van der Waals surface area (Å²) in [6.45, 7) is 0.437. The Morgan fingerprint density at radius 1 is 0.968 bits per heavy atom. The number of ketones is 1. The molecule has 0 radical (unpaired) electrons. The molecule has 0 aliphatic heterocycles. The molecule has 0 aliphatic carbocycles. The van der Waals surface area contributed by atoms with Crippen LogP contribution in [0.3, 0.4) is 0 Å². The maximum Gasteiger partial charge on any atom is 0.313 e. The molecule has 3 aromatic rings. The Morgan fingerprint density at radius 2 is 1.71 bits per heavy atom. The number of ether oxygens (including phenoxy) is 2. The van der Waals surface area contributed by atoms with Crippen molar-refractivity contribution in [2.24, 2.45) is 0 Å². The van der Waals surface area contributed by atoms with Crippen molar-refractivity contribution in [3.05, 3.63) is 95.6 Å². The zero-order chi connectivity index (χ0) is 22.1. The molecule has 0 aromatic heterocycles. The van der Waals surface area contributed by atoms with Gasteiger partial charge in [0.15, 0.2) is 5.78 Å². The molecule has 0 heterocycles. The molecule has 5 nitrogen and oxygen atoms in total. The summed E-state index contributed by atoms with van der Waals surface area (Å²) in [5.74, 6) is -0.0247. The lowest BCUT2D eigenvalue weighted by Gasteiger charge is -2.10. The first kappa shape index (κ1) is 22.2. The number of thioether (sulfide) groups is 1. The Kier molecular flexibility index (Phi) is 7.90. The topological polar surface area (TPSA) is 72.8 Å². The van der Waals surface area contributed by atoms with E-state index in [1.54, 1.807) is 24.3 Å². The van der Waals surface area contributed by atoms with Crippen molar-refractivity contribution in [2.75, 3.05) is 12.9 Å². The minimum Gasteiger partial charge on any atom is -0.496 e. The van der Waals surface area contributed by atoms with Gasteiger partial charge in [0, 0.05) is 16.0 Å². The number of carbonyl (C=O) groups is 2. The van der Waals surface area contributed by atoms with E-state index in [1.807, 2.05) is 54.6 Å². The third-order valence-corrected chi connectivity index (χ3v) is 5.41. The number of hydrogen-bond acceptors (Lipinski definition) is 5. The summed E-state index contributed by atoms with van der Waals surface area (Å²) in [7, 11) is 1.49. The highest BCUT2D eigenvalue weighted by atomic mass is 32.2. The fourth-order valence-corrected chi connectivity index (χ4v) is 3.55. The second kappa shape index (κ2) is 11.0. The van der Waals surface area contributed by atoms with Crippen molar-refractivity contribution in [3.8, 4) is 11.5 Å². The number of allylic oxidation sites excluding steroid dienone is 1. The number of carboxylic acid groups (broad SMARTS) is 1. The minimum atomic E-state index is -0.914. The summed E-state index contributed by atoms with van der Waals surface area (Å²) in [4.78, 5) is 24.1. The summed E-state index contributed by atoms with van der Waals surface area (Å²) in [6.07, 6.45) is 3.21. The van der Waals surface area contributed by atoms with Crippen LogP contribution in [0.15, 0.2) is 83.8 Å². The zero-order valence-electron chi connectivity index (χ0n) is 17.0. The van der Waals surface area contributed by atoms with Crippen molar-refractivity contribution in [1.82, 2.24) is 0 Å². The van der Waals surface area contributed by atoms with Gasteiger partial charge in [0.05, 0.1) is 12.9 Å². The van der Waals surface area contributed by atoms with Gasteiger partial charge >= 0.3 is 5.97 Å². The number of aliphatic carboxylic acids is 1. The SMILES string of the molecule is COc1cc(C(=O)/C=C\c2ccccc2OCc2ccccc2)ccc1SCC(=O)O. The maximum absolute atomic E-state index is 12.7. The molecule has 0 bridgehead atoms. The molecule has 0 spiro atoms. The molecule has 3 rings (SSSR count). The highest BCUT2D eigenvalue weighted by Gasteiger charge is 2.11. The van der Waals surface area contributed by atoms with Crippen LogP contribution in [0.5, 0.6) is 11.5 Å². The van der Waals surface area contributed by atoms with Gasteiger partial charge in [0.2, 0.25) is 0 Å². The van der Waals surface area contributed by atoms with Crippen molar-refractivity contribution in [3.63, 3.8) is 0 Å². The van der Waals surface area contributed by atoms with E-state index in [0.29, 0.717) is 28.6 Å². The molecule has 6 heteroatoms. The molecule has 31 heavy (non-hydrogen) atoms. The van der Waals surface area contributed by atoms with Crippen LogP contribution >= 0.6 is 11.8 Å². The molecule has 0 saturated heterocycles. The Balaban J connectivity index is 1.72. The Bertz CT molecular complexity index is 1080. The van der Waals surface area contributed by atoms with Gasteiger partial charge in [-0.3, -0.25) is 9.59 Å². The van der Waals surface area contributed by atoms with Gasteiger partial charge in [-0.05, 0) is 42.0 Å². The summed E-state index contributed by atoms with van der Waals surface area (Å²) in [5.41, 5.74) is 2.31. The quantitative estimate of drug-likeness (QED) is 0.264. The molecule has 158 valence electrons. The van der Waals surface area contributed by atoms with Gasteiger partial charge in [-0.2, -0.15) is 0 Å². The standard InChI is InChI=1S/C25H22O5S/c1-29-23-15-20(12-14-24(23)31-17-25(27)28)21(26)13-11-19-9-5-6-10-22(19)30-16-18-7-3-2-4-8-18/h2-15H,16-17H2,1H3,(H,27,28)/b13-11-. The van der Waals surface area contributed by atoms with Crippen LogP contribution in [0.2, 0.25) is 0 Å². The molecular weight excluding hydrogens is 412 g/mol. The van der Waals surface area contributed by atoms with E-state index in [2.05, 4.69) is 0 Å². The Hall–Kier alpha value is -3.51. The lowest BCUT2D eigenvalue weighted by Crippen LogP contribution is -2.00. The molecule has 0 unspecified atom stereocenters. The smallest absolute Gasteiger partial charge is 0.313 e. The first-order chi connectivity index (χ1) is 15.1. The molecule has 0 fully saturated rings. The fourth-order valence-electron chi connectivity index (χ4n) is 2.83. The predicted molar refractivity (Wildman–Crippen MR) is 122 cm³/mol. The van der Waals surface area contributed by atoms with Crippen molar-refractivity contribution >= 4 is 29.6 Å². The predicted octanol–water partition coefficient (Wildman–Crippen LogP) is 5.35. The van der Waals surface area contributed by atoms with Crippen LogP contribution in [0.25, 0.3) is 6.08 Å². The van der Waals surface area contributed by atoms with E-state index in [4.69, 9.17) is 14.6 Å². The number of benzene rings is 3. The number of rotatable bonds is 10. The second-order valence-electron chi connectivity index (χ2n) is 6.56. The number of para-hydroxylation sites is 1. The first-order valence-corrected chi connectivity index (χ1v) is 10.6. The molecule has 1 N–H and O–H groups in total. The van der Waals surface area contributed by atoms with E-state index in [-0.39, 0.29) is 11.5 Å². The summed E-state index contributed by atoms with van der Waals surface area (Å²) in [5, 5.41) is 8.85. The van der Waals surface area contributed by atoms with E-state index in [1.165, 1.54) is 13.2 Å². The third kappa shape index (κ3) is 6.49. The highest BCUT2D eigenvalue weighted by molar-refractivity contribution is 8.00. The van der Waals surface area contributed by atoms with Gasteiger partial charge in [-0.15, -0.1) is 11.8 Å². The molecular formula is C25H22O5S. The maximum atomic E-state index is 12.7. The Morgan fingerprint density at radius 3 is 2.45 bits per heavy atom. The van der Waals surface area contributed by atoms with Crippen molar-refractivity contribution < 1.29 is 24.2 Å². The summed E-state index contributed by atoms with van der Waals surface area (Å²) < 4.78 is 11.2. The normalized spacial score (nSPS) is 10.7. The van der Waals surface area contributed by atoms with E-state index >= 15 is 0 Å². The number of methoxy groups -OCH3 is 1. The van der Waals surface area contributed by atoms with Crippen LogP contribution in [0.1, 0.15) is 21.5 Å². The van der Waals surface area contributed by atoms with Gasteiger partial charge in [0.1, 0.15) is 18.1 Å². The average Bonchev–Trinajstić information content (AvgIpc) is 2.80. The molecule has 0 atom stereocenters. The van der Waals surface area contributed by atoms with Gasteiger partial charge < -0.3 is 14.6 Å². The first-order valence-electron chi connectivity index (χ1n) is 9.57. The number of hydrogen-bond donors (Lipinski definition) is 1. The van der Waals surface area contributed by atoms with Crippen LogP contribution in [-0.2, 0) is 11.4 Å². The molecule has 3 aromatic carbocycles. The van der Waals surface area contributed by atoms with Crippen LogP contribution < -0.4 is 9.47 Å². The van der Waals surface area contributed by atoms with E-state index in [0.717, 1.165) is 22.9 Å². The third-order valence-electron chi connectivity index (χ3n) is 4.37. The number of carboxylic acids is 1.